The summed E-state index contributed by atoms with van der Waals surface area (Å²) in [4.78, 5) is 0. The number of ether oxygens (including phenoxy) is 1. The van der Waals surface area contributed by atoms with E-state index >= 15 is 0 Å². The van der Waals surface area contributed by atoms with Crippen LogP contribution in [-0.2, 0) is 0 Å². The van der Waals surface area contributed by atoms with E-state index in [9.17, 15) is 4.39 Å². The first-order valence-electron chi connectivity index (χ1n) is 6.14. The Labute approximate surface area is 125 Å². The maximum Gasteiger partial charge on any atom is 0.165 e. The number of fused-ring (bicyclic) bond motifs is 1. The van der Waals surface area contributed by atoms with E-state index in [0.717, 1.165) is 16.5 Å². The topological polar surface area (TPSA) is 9.23 Å². The van der Waals surface area contributed by atoms with Crippen LogP contribution in [0.5, 0.6) is 5.75 Å². The lowest BCUT2D eigenvalue weighted by Gasteiger charge is -2.11. The van der Waals surface area contributed by atoms with Gasteiger partial charge in [0.05, 0.1) is 12.5 Å². The maximum absolute atomic E-state index is 13.8. The fourth-order valence-electron chi connectivity index (χ4n) is 2.21. The standard InChI is InChI=1S/C16H12ClFOS/c1-19-14-7-6-10(8-13(14)18)16(17)12-9-20-15-5-3-2-4-11(12)15/h2-9,16H,1H3. The van der Waals surface area contributed by atoms with Crippen LogP contribution in [-0.4, -0.2) is 7.11 Å². The van der Waals surface area contributed by atoms with Gasteiger partial charge in [-0.2, -0.15) is 0 Å². The summed E-state index contributed by atoms with van der Waals surface area (Å²) < 4.78 is 19.9. The minimum absolute atomic E-state index is 0.229. The summed E-state index contributed by atoms with van der Waals surface area (Å²) >= 11 is 8.16. The Morgan fingerprint density at radius 1 is 1.20 bits per heavy atom. The van der Waals surface area contributed by atoms with Crippen molar-refractivity contribution in [2.24, 2.45) is 0 Å². The van der Waals surface area contributed by atoms with Crippen molar-refractivity contribution in [1.29, 1.82) is 0 Å². The highest BCUT2D eigenvalue weighted by atomic mass is 35.5. The third kappa shape index (κ3) is 2.28. The minimum atomic E-state index is -0.393. The lowest BCUT2D eigenvalue weighted by molar-refractivity contribution is 0.386. The van der Waals surface area contributed by atoms with Gasteiger partial charge in [-0.15, -0.1) is 22.9 Å². The van der Waals surface area contributed by atoms with Crippen molar-refractivity contribution in [3.05, 3.63) is 64.8 Å². The second kappa shape index (κ2) is 5.43. The molecule has 4 heteroatoms. The first-order chi connectivity index (χ1) is 9.70. The molecule has 20 heavy (non-hydrogen) atoms. The van der Waals surface area contributed by atoms with Crippen LogP contribution >= 0.6 is 22.9 Å². The Hall–Kier alpha value is -1.58. The van der Waals surface area contributed by atoms with Gasteiger partial charge in [0.25, 0.3) is 0 Å². The van der Waals surface area contributed by atoms with Crippen LogP contribution in [0, 0.1) is 5.82 Å². The summed E-state index contributed by atoms with van der Waals surface area (Å²) in [6, 6.07) is 12.9. The van der Waals surface area contributed by atoms with Gasteiger partial charge in [-0.25, -0.2) is 4.39 Å². The number of benzene rings is 2. The molecule has 0 spiro atoms. The van der Waals surface area contributed by atoms with Crippen molar-refractivity contribution < 1.29 is 9.13 Å². The fourth-order valence-corrected chi connectivity index (χ4v) is 3.59. The average molecular weight is 307 g/mol. The van der Waals surface area contributed by atoms with Gasteiger partial charge in [0.1, 0.15) is 0 Å². The quantitative estimate of drug-likeness (QED) is 0.590. The van der Waals surface area contributed by atoms with E-state index in [0.29, 0.717) is 0 Å². The summed E-state index contributed by atoms with van der Waals surface area (Å²) in [5.74, 6) is -0.164. The third-order valence-corrected chi connectivity index (χ3v) is 4.72. The number of hydrogen-bond acceptors (Lipinski definition) is 2. The minimum Gasteiger partial charge on any atom is -0.494 e. The van der Waals surface area contributed by atoms with E-state index in [1.54, 1.807) is 23.5 Å². The number of rotatable bonds is 3. The lowest BCUT2D eigenvalue weighted by atomic mass is 10.0. The van der Waals surface area contributed by atoms with Crippen LogP contribution in [0.15, 0.2) is 47.8 Å². The Balaban J connectivity index is 2.04. The Morgan fingerprint density at radius 2 is 2.00 bits per heavy atom. The Kier molecular flexibility index (Phi) is 3.64. The molecule has 0 N–H and O–H groups in total. The summed E-state index contributed by atoms with van der Waals surface area (Å²) in [6.07, 6.45) is 0. The number of halogens is 2. The van der Waals surface area contributed by atoms with Gasteiger partial charge >= 0.3 is 0 Å². The zero-order valence-electron chi connectivity index (χ0n) is 10.8. The molecule has 1 nitrogen and oxygen atoms in total. The summed E-state index contributed by atoms with van der Waals surface area (Å²) in [6.45, 7) is 0. The van der Waals surface area contributed by atoms with E-state index in [4.69, 9.17) is 16.3 Å². The first kappa shape index (κ1) is 13.4. The van der Waals surface area contributed by atoms with Crippen molar-refractivity contribution in [3.63, 3.8) is 0 Å². The molecule has 1 heterocycles. The average Bonchev–Trinajstić information content (AvgIpc) is 2.90. The van der Waals surface area contributed by atoms with Gasteiger partial charge in [-0.3, -0.25) is 0 Å². The third-order valence-electron chi connectivity index (χ3n) is 3.25. The van der Waals surface area contributed by atoms with Gasteiger partial charge in [0.2, 0.25) is 0 Å². The Morgan fingerprint density at radius 3 is 2.75 bits per heavy atom. The van der Waals surface area contributed by atoms with Crippen LogP contribution < -0.4 is 4.74 Å². The zero-order chi connectivity index (χ0) is 14.1. The van der Waals surface area contributed by atoms with E-state index in [1.165, 1.54) is 17.9 Å². The van der Waals surface area contributed by atoms with Crippen LogP contribution in [0.4, 0.5) is 4.39 Å². The van der Waals surface area contributed by atoms with Gasteiger partial charge in [-0.05, 0) is 40.1 Å². The molecule has 0 radical (unpaired) electrons. The molecule has 1 aromatic heterocycles. The molecule has 0 bridgehead atoms. The summed E-state index contributed by atoms with van der Waals surface area (Å²) in [5, 5.41) is 2.78. The van der Waals surface area contributed by atoms with Crippen molar-refractivity contribution in [3.8, 4) is 5.75 Å². The number of methoxy groups -OCH3 is 1. The van der Waals surface area contributed by atoms with E-state index in [-0.39, 0.29) is 11.1 Å². The van der Waals surface area contributed by atoms with E-state index in [1.807, 2.05) is 23.6 Å². The highest BCUT2D eigenvalue weighted by Gasteiger charge is 2.17. The van der Waals surface area contributed by atoms with Gasteiger partial charge in [0, 0.05) is 4.70 Å². The van der Waals surface area contributed by atoms with Crippen molar-refractivity contribution in [2.75, 3.05) is 7.11 Å². The monoisotopic (exact) mass is 306 g/mol. The van der Waals surface area contributed by atoms with Crippen LogP contribution in [0.2, 0.25) is 0 Å². The molecular weight excluding hydrogens is 295 g/mol. The number of thiophene rings is 1. The maximum atomic E-state index is 13.8. The molecule has 0 aliphatic heterocycles. The predicted octanol–water partition coefficient (Wildman–Crippen LogP) is 5.38. The molecule has 0 aliphatic rings. The molecule has 0 saturated carbocycles. The van der Waals surface area contributed by atoms with Gasteiger partial charge in [-0.1, -0.05) is 24.3 Å². The molecular formula is C16H12ClFOS. The molecule has 102 valence electrons. The predicted molar refractivity (Wildman–Crippen MR) is 82.5 cm³/mol. The molecule has 3 rings (SSSR count). The highest BCUT2D eigenvalue weighted by Crippen LogP contribution is 2.38. The van der Waals surface area contributed by atoms with Crippen LogP contribution in [0.25, 0.3) is 10.1 Å². The normalized spacial score (nSPS) is 12.6. The molecule has 1 unspecified atom stereocenters. The largest absolute Gasteiger partial charge is 0.494 e. The van der Waals surface area contributed by atoms with Gasteiger partial charge in [0.15, 0.2) is 11.6 Å². The molecule has 0 saturated heterocycles. The second-order valence-corrected chi connectivity index (χ2v) is 5.79. The van der Waals surface area contributed by atoms with Crippen molar-refractivity contribution in [1.82, 2.24) is 0 Å². The zero-order valence-corrected chi connectivity index (χ0v) is 12.3. The van der Waals surface area contributed by atoms with Crippen LogP contribution in [0.3, 0.4) is 0 Å². The molecule has 2 aromatic carbocycles. The molecule has 0 amide bonds. The van der Waals surface area contributed by atoms with Crippen LogP contribution in [0.1, 0.15) is 16.5 Å². The Bertz CT molecular complexity index is 753. The fraction of sp³-hybridized carbons (Fsp3) is 0.125. The number of alkyl halides is 1. The molecule has 1 atom stereocenters. The SMILES string of the molecule is COc1ccc(C(Cl)c2csc3ccccc23)cc1F. The van der Waals surface area contributed by atoms with E-state index in [2.05, 4.69) is 6.07 Å². The smallest absolute Gasteiger partial charge is 0.165 e. The first-order valence-corrected chi connectivity index (χ1v) is 7.46. The lowest BCUT2D eigenvalue weighted by Crippen LogP contribution is -1.95. The second-order valence-electron chi connectivity index (χ2n) is 4.44. The summed E-state index contributed by atoms with van der Waals surface area (Å²) in [5.41, 5.74) is 1.74. The van der Waals surface area contributed by atoms with Gasteiger partial charge < -0.3 is 4.74 Å². The molecule has 0 aliphatic carbocycles. The van der Waals surface area contributed by atoms with Crippen molar-refractivity contribution in [2.45, 2.75) is 5.38 Å². The van der Waals surface area contributed by atoms with Crippen molar-refractivity contribution >= 4 is 33.0 Å². The number of hydrogen-bond donors (Lipinski definition) is 0. The molecule has 3 aromatic rings. The molecule has 0 fully saturated rings. The highest BCUT2D eigenvalue weighted by molar-refractivity contribution is 7.17. The summed E-state index contributed by atoms with van der Waals surface area (Å²) in [7, 11) is 1.45. The van der Waals surface area contributed by atoms with E-state index < -0.39 is 5.82 Å².